The number of fused-ring (bicyclic) bond motifs is 1. The summed E-state index contributed by atoms with van der Waals surface area (Å²) in [7, 11) is 0. The first-order valence-corrected chi connectivity index (χ1v) is 7.56. The van der Waals surface area contributed by atoms with Crippen LogP contribution in [0.15, 0.2) is 23.7 Å². The van der Waals surface area contributed by atoms with Crippen molar-refractivity contribution in [3.63, 3.8) is 0 Å². The molecule has 0 atom stereocenters. The highest BCUT2D eigenvalue weighted by Gasteiger charge is 2.21. The van der Waals surface area contributed by atoms with Crippen LogP contribution in [0.5, 0.6) is 0 Å². The van der Waals surface area contributed by atoms with E-state index in [0.29, 0.717) is 6.61 Å². The molecule has 0 aromatic carbocycles. The molecule has 0 spiro atoms. The lowest BCUT2D eigenvalue weighted by molar-refractivity contribution is 0.0158. The number of ether oxygens (including phenoxy) is 1. The molecule has 0 aliphatic carbocycles. The van der Waals surface area contributed by atoms with E-state index in [0.717, 1.165) is 31.7 Å². The number of hydrogen-bond acceptors (Lipinski definition) is 5. The van der Waals surface area contributed by atoms with Crippen molar-refractivity contribution in [1.82, 2.24) is 4.98 Å². The highest BCUT2D eigenvalue weighted by Crippen LogP contribution is 2.30. The summed E-state index contributed by atoms with van der Waals surface area (Å²) in [5.74, 6) is 1.10. The van der Waals surface area contributed by atoms with Gasteiger partial charge in [-0.1, -0.05) is 0 Å². The van der Waals surface area contributed by atoms with Gasteiger partial charge in [0.05, 0.1) is 19.3 Å². The van der Waals surface area contributed by atoms with Gasteiger partial charge in [0.25, 0.3) is 0 Å². The monoisotopic (exact) mass is 278 g/mol. The fourth-order valence-corrected chi connectivity index (χ4v) is 3.36. The predicted octanol–water partition coefficient (Wildman–Crippen LogP) is 2.27. The van der Waals surface area contributed by atoms with Gasteiger partial charge in [-0.3, -0.25) is 0 Å². The Labute approximate surface area is 116 Å². The van der Waals surface area contributed by atoms with E-state index in [9.17, 15) is 0 Å². The van der Waals surface area contributed by atoms with Crippen molar-refractivity contribution in [1.29, 1.82) is 0 Å². The molecule has 5 heteroatoms. The summed E-state index contributed by atoms with van der Waals surface area (Å²) in [5.41, 5.74) is 0. The van der Waals surface area contributed by atoms with Crippen LogP contribution in [-0.2, 0) is 4.74 Å². The summed E-state index contributed by atoms with van der Waals surface area (Å²) >= 11 is 1.76. The van der Waals surface area contributed by atoms with Crippen molar-refractivity contribution in [2.75, 3.05) is 31.2 Å². The van der Waals surface area contributed by atoms with Gasteiger partial charge in [-0.05, 0) is 30.4 Å². The van der Waals surface area contributed by atoms with Gasteiger partial charge in [0.15, 0.2) is 0 Å². The molecular weight excluding hydrogens is 260 g/mol. The molecule has 2 aromatic heterocycles. The van der Waals surface area contributed by atoms with E-state index in [1.807, 2.05) is 6.20 Å². The first kappa shape index (κ1) is 12.8. The minimum Gasteiger partial charge on any atom is -0.394 e. The number of nitrogens with zero attached hydrogens (tertiary/aromatic N) is 2. The lowest BCUT2D eigenvalue weighted by atomic mass is 10.1. The second kappa shape index (κ2) is 5.86. The van der Waals surface area contributed by atoms with Crippen LogP contribution in [-0.4, -0.2) is 42.5 Å². The summed E-state index contributed by atoms with van der Waals surface area (Å²) in [6.45, 7) is 2.50. The Balaban J connectivity index is 1.69. The molecule has 0 amide bonds. The Hall–Kier alpha value is -1.17. The number of thiophene rings is 1. The summed E-state index contributed by atoms with van der Waals surface area (Å²) in [4.78, 5) is 6.88. The number of aromatic nitrogens is 1. The number of rotatable bonds is 4. The van der Waals surface area contributed by atoms with Gasteiger partial charge in [0.1, 0.15) is 5.82 Å². The van der Waals surface area contributed by atoms with Gasteiger partial charge in [-0.15, -0.1) is 11.3 Å². The molecule has 4 nitrogen and oxygen atoms in total. The van der Waals surface area contributed by atoms with Crippen molar-refractivity contribution in [2.45, 2.75) is 18.9 Å². The largest absolute Gasteiger partial charge is 0.394 e. The molecular formula is C14H18N2O2S. The minimum atomic E-state index is 0.107. The molecule has 2 aromatic rings. The third-order valence-corrected chi connectivity index (χ3v) is 4.43. The van der Waals surface area contributed by atoms with Crippen LogP contribution in [0.4, 0.5) is 5.82 Å². The van der Waals surface area contributed by atoms with Crippen LogP contribution in [0.3, 0.4) is 0 Å². The fraction of sp³-hybridized carbons (Fsp3) is 0.500. The van der Waals surface area contributed by atoms with Crippen LogP contribution in [0.1, 0.15) is 12.8 Å². The first-order valence-electron chi connectivity index (χ1n) is 6.68. The molecule has 19 heavy (non-hydrogen) atoms. The van der Waals surface area contributed by atoms with E-state index < -0.39 is 0 Å². The fourth-order valence-electron chi connectivity index (χ4n) is 2.59. The summed E-state index contributed by atoms with van der Waals surface area (Å²) in [6.07, 6.45) is 4.18. The van der Waals surface area contributed by atoms with E-state index in [1.54, 1.807) is 11.3 Å². The lowest BCUT2D eigenvalue weighted by Crippen LogP contribution is -2.37. The van der Waals surface area contributed by atoms with E-state index in [-0.39, 0.29) is 12.7 Å². The summed E-state index contributed by atoms with van der Waals surface area (Å²) in [5, 5.41) is 12.1. The molecule has 1 saturated heterocycles. The topological polar surface area (TPSA) is 45.6 Å². The van der Waals surface area contributed by atoms with Crippen molar-refractivity contribution in [3.05, 3.63) is 23.7 Å². The summed E-state index contributed by atoms with van der Waals surface area (Å²) < 4.78 is 6.89. The van der Waals surface area contributed by atoms with Crippen LogP contribution < -0.4 is 4.90 Å². The lowest BCUT2D eigenvalue weighted by Gasteiger charge is -2.33. The van der Waals surface area contributed by atoms with Gasteiger partial charge in [-0.2, -0.15) is 0 Å². The Morgan fingerprint density at radius 3 is 3.00 bits per heavy atom. The van der Waals surface area contributed by atoms with Gasteiger partial charge in [0.2, 0.25) is 0 Å². The van der Waals surface area contributed by atoms with Crippen LogP contribution in [0.2, 0.25) is 0 Å². The van der Waals surface area contributed by atoms with Crippen LogP contribution in [0, 0.1) is 0 Å². The number of anilines is 1. The number of pyridine rings is 1. The maximum absolute atomic E-state index is 8.78. The zero-order valence-corrected chi connectivity index (χ0v) is 11.6. The van der Waals surface area contributed by atoms with Crippen molar-refractivity contribution in [2.24, 2.45) is 0 Å². The summed E-state index contributed by atoms with van der Waals surface area (Å²) in [6, 6.07) is 4.22. The number of hydrogen-bond donors (Lipinski definition) is 1. The zero-order chi connectivity index (χ0) is 13.1. The highest BCUT2D eigenvalue weighted by atomic mass is 32.1. The number of piperidine rings is 1. The molecule has 3 rings (SSSR count). The maximum atomic E-state index is 8.78. The van der Waals surface area contributed by atoms with Gasteiger partial charge in [-0.25, -0.2) is 4.98 Å². The van der Waals surface area contributed by atoms with E-state index in [1.165, 1.54) is 10.1 Å². The average Bonchev–Trinajstić information content (AvgIpc) is 2.94. The van der Waals surface area contributed by atoms with Gasteiger partial charge in [0, 0.05) is 29.4 Å². The average molecular weight is 278 g/mol. The third-order valence-electron chi connectivity index (χ3n) is 3.55. The Morgan fingerprint density at radius 2 is 2.21 bits per heavy atom. The van der Waals surface area contributed by atoms with Gasteiger partial charge < -0.3 is 14.7 Å². The quantitative estimate of drug-likeness (QED) is 0.932. The molecule has 1 aliphatic heterocycles. The van der Waals surface area contributed by atoms with Crippen LogP contribution >= 0.6 is 11.3 Å². The molecule has 1 aliphatic rings. The normalized spacial score (nSPS) is 17.2. The smallest absolute Gasteiger partial charge is 0.137 e. The van der Waals surface area contributed by atoms with E-state index >= 15 is 0 Å². The minimum absolute atomic E-state index is 0.107. The molecule has 3 heterocycles. The Morgan fingerprint density at radius 1 is 1.37 bits per heavy atom. The third kappa shape index (κ3) is 2.73. The standard InChI is InChI=1S/C14H18N2O2S/c17-8-9-18-11-2-6-16(7-3-11)14-12-4-10-19-13(12)1-5-15-14/h1,4-5,10-11,17H,2-3,6-9H2. The molecule has 1 N–H and O–H groups in total. The maximum Gasteiger partial charge on any atom is 0.137 e. The molecule has 102 valence electrons. The second-order valence-electron chi connectivity index (χ2n) is 4.75. The number of aliphatic hydroxyl groups is 1. The SMILES string of the molecule is OCCOC1CCN(c2nccc3sccc23)CC1. The molecule has 0 unspecified atom stereocenters. The van der Waals surface area contributed by atoms with Crippen molar-refractivity contribution < 1.29 is 9.84 Å². The van der Waals surface area contributed by atoms with Gasteiger partial charge >= 0.3 is 0 Å². The van der Waals surface area contributed by atoms with E-state index in [2.05, 4.69) is 27.4 Å². The molecule has 0 radical (unpaired) electrons. The molecule has 0 saturated carbocycles. The molecule has 0 bridgehead atoms. The zero-order valence-electron chi connectivity index (χ0n) is 10.8. The van der Waals surface area contributed by atoms with E-state index in [4.69, 9.17) is 9.84 Å². The first-order chi connectivity index (χ1) is 9.38. The Bertz CT molecular complexity index is 535. The molecule has 1 fully saturated rings. The Kier molecular flexibility index (Phi) is 3.96. The number of aliphatic hydroxyl groups excluding tert-OH is 1. The predicted molar refractivity (Wildman–Crippen MR) is 77.9 cm³/mol. The van der Waals surface area contributed by atoms with Crippen molar-refractivity contribution >= 4 is 27.2 Å². The van der Waals surface area contributed by atoms with Crippen LogP contribution in [0.25, 0.3) is 10.1 Å². The highest BCUT2D eigenvalue weighted by molar-refractivity contribution is 7.17. The van der Waals surface area contributed by atoms with Crippen molar-refractivity contribution in [3.8, 4) is 0 Å². The second-order valence-corrected chi connectivity index (χ2v) is 5.70.